The number of ketones is 1. The molecule has 0 bridgehead atoms. The molecule has 0 saturated carbocycles. The number of nitrogen functional groups attached to an aromatic ring is 1. The molecule has 7 nitrogen and oxygen atoms in total. The van der Waals surface area contributed by atoms with E-state index in [-0.39, 0.29) is 17.5 Å². The van der Waals surface area contributed by atoms with E-state index in [0.29, 0.717) is 6.07 Å². The fourth-order valence-electron chi connectivity index (χ4n) is 1.62. The van der Waals surface area contributed by atoms with Crippen LogP contribution >= 0.6 is 0 Å². The van der Waals surface area contributed by atoms with E-state index < -0.39 is 33.7 Å². The van der Waals surface area contributed by atoms with Crippen molar-refractivity contribution in [2.75, 3.05) is 5.73 Å². The Morgan fingerprint density at radius 1 is 1.33 bits per heavy atom. The zero-order chi connectivity index (χ0) is 15.8. The number of nitro groups is 1. The Bertz CT molecular complexity index is 724. The van der Waals surface area contributed by atoms with E-state index in [9.17, 15) is 28.1 Å². The van der Waals surface area contributed by atoms with Gasteiger partial charge in [0, 0.05) is 6.07 Å². The standard InChI is InChI=1S/C11H6F3N3O4/c12-11(13,14)5-1-2-6(8(3-5)17(19)20)9(18)7-4-16-21-10(7)15/h1-4H,15H2. The van der Waals surface area contributed by atoms with Crippen molar-refractivity contribution in [1.29, 1.82) is 0 Å². The summed E-state index contributed by atoms with van der Waals surface area (Å²) in [4.78, 5) is 21.8. The van der Waals surface area contributed by atoms with Crippen molar-refractivity contribution < 1.29 is 27.4 Å². The first-order valence-electron chi connectivity index (χ1n) is 5.32. The smallest absolute Gasteiger partial charge is 0.367 e. The van der Waals surface area contributed by atoms with Gasteiger partial charge in [0.2, 0.25) is 11.7 Å². The van der Waals surface area contributed by atoms with E-state index >= 15 is 0 Å². The molecule has 0 aliphatic heterocycles. The van der Waals surface area contributed by atoms with Gasteiger partial charge in [0.15, 0.2) is 0 Å². The summed E-state index contributed by atoms with van der Waals surface area (Å²) < 4.78 is 42.1. The third-order valence-corrected chi connectivity index (χ3v) is 2.61. The fraction of sp³-hybridized carbons (Fsp3) is 0.0909. The third kappa shape index (κ3) is 2.68. The molecule has 21 heavy (non-hydrogen) atoms. The second-order valence-electron chi connectivity index (χ2n) is 3.92. The second-order valence-corrected chi connectivity index (χ2v) is 3.92. The average molecular weight is 301 g/mol. The maximum atomic E-state index is 12.5. The number of hydrogen-bond donors (Lipinski definition) is 1. The molecule has 2 rings (SSSR count). The topological polar surface area (TPSA) is 112 Å². The quantitative estimate of drug-likeness (QED) is 0.529. The number of hydrogen-bond acceptors (Lipinski definition) is 6. The Kier molecular flexibility index (Phi) is 3.37. The molecular weight excluding hydrogens is 295 g/mol. The number of carbonyl (C=O) groups is 1. The summed E-state index contributed by atoms with van der Waals surface area (Å²) in [5, 5.41) is 14.1. The minimum absolute atomic E-state index is 0.266. The Morgan fingerprint density at radius 3 is 2.48 bits per heavy atom. The van der Waals surface area contributed by atoms with Crippen molar-refractivity contribution >= 4 is 17.4 Å². The summed E-state index contributed by atoms with van der Waals surface area (Å²) in [6.07, 6.45) is -3.83. The van der Waals surface area contributed by atoms with Crippen molar-refractivity contribution in [2.45, 2.75) is 6.18 Å². The molecule has 0 fully saturated rings. The summed E-state index contributed by atoms with van der Waals surface area (Å²) in [6.45, 7) is 0. The van der Waals surface area contributed by atoms with Crippen LogP contribution in [0, 0.1) is 10.1 Å². The van der Waals surface area contributed by atoms with Gasteiger partial charge in [0.25, 0.3) is 5.69 Å². The molecule has 0 aliphatic carbocycles. The monoisotopic (exact) mass is 301 g/mol. The van der Waals surface area contributed by atoms with Crippen LogP contribution in [-0.2, 0) is 6.18 Å². The molecule has 1 aromatic heterocycles. The van der Waals surface area contributed by atoms with E-state index in [1.54, 1.807) is 0 Å². The van der Waals surface area contributed by atoms with E-state index in [2.05, 4.69) is 9.68 Å². The molecule has 1 aromatic carbocycles. The van der Waals surface area contributed by atoms with E-state index in [0.717, 1.165) is 12.3 Å². The van der Waals surface area contributed by atoms with Crippen LogP contribution in [0.2, 0.25) is 0 Å². The lowest BCUT2D eigenvalue weighted by atomic mass is 10.0. The number of nitrogens with zero attached hydrogens (tertiary/aromatic N) is 2. The highest BCUT2D eigenvalue weighted by Gasteiger charge is 2.34. The predicted molar refractivity (Wildman–Crippen MR) is 62.4 cm³/mol. The highest BCUT2D eigenvalue weighted by Crippen LogP contribution is 2.34. The fourth-order valence-corrected chi connectivity index (χ4v) is 1.62. The van der Waals surface area contributed by atoms with Gasteiger partial charge >= 0.3 is 6.18 Å². The lowest BCUT2D eigenvalue weighted by Crippen LogP contribution is -2.10. The average Bonchev–Trinajstić information content (AvgIpc) is 2.82. The number of anilines is 1. The highest BCUT2D eigenvalue weighted by molar-refractivity contribution is 6.13. The number of halogens is 3. The molecule has 0 unspecified atom stereocenters. The van der Waals surface area contributed by atoms with Gasteiger partial charge in [-0.05, 0) is 12.1 Å². The maximum absolute atomic E-state index is 12.5. The summed E-state index contributed by atoms with van der Waals surface area (Å²) in [6, 6.07) is 1.58. The Hall–Kier alpha value is -2.91. The van der Waals surface area contributed by atoms with E-state index in [4.69, 9.17) is 5.73 Å². The minimum Gasteiger partial charge on any atom is -0.367 e. The Balaban J connectivity index is 2.57. The van der Waals surface area contributed by atoms with Gasteiger partial charge < -0.3 is 10.3 Å². The molecule has 2 N–H and O–H groups in total. The Labute approximate surface area is 114 Å². The SMILES string of the molecule is Nc1oncc1C(=O)c1ccc(C(F)(F)F)cc1[N+](=O)[O-]. The summed E-state index contributed by atoms with van der Waals surface area (Å²) >= 11 is 0. The Morgan fingerprint density at radius 2 is 2.00 bits per heavy atom. The molecule has 0 amide bonds. The van der Waals surface area contributed by atoms with Gasteiger partial charge in [-0.1, -0.05) is 5.16 Å². The van der Waals surface area contributed by atoms with Crippen LogP contribution in [-0.4, -0.2) is 15.9 Å². The summed E-state index contributed by atoms with van der Waals surface area (Å²) in [7, 11) is 0. The van der Waals surface area contributed by atoms with Crippen LogP contribution in [0.1, 0.15) is 21.5 Å². The zero-order valence-electron chi connectivity index (χ0n) is 10.0. The first-order valence-corrected chi connectivity index (χ1v) is 5.32. The molecule has 0 aliphatic rings. The number of carbonyl (C=O) groups excluding carboxylic acids is 1. The van der Waals surface area contributed by atoms with Crippen LogP contribution in [0.25, 0.3) is 0 Å². The zero-order valence-corrected chi connectivity index (χ0v) is 10.0. The van der Waals surface area contributed by atoms with Crippen LogP contribution in [0.4, 0.5) is 24.7 Å². The van der Waals surface area contributed by atoms with Crippen LogP contribution < -0.4 is 5.73 Å². The number of rotatable bonds is 3. The summed E-state index contributed by atoms with van der Waals surface area (Å²) in [5.74, 6) is -1.33. The lowest BCUT2D eigenvalue weighted by Gasteiger charge is -2.08. The normalized spacial score (nSPS) is 11.4. The molecule has 1 heterocycles. The number of benzene rings is 1. The van der Waals surface area contributed by atoms with Gasteiger partial charge in [0.05, 0.1) is 16.7 Å². The molecule has 110 valence electrons. The van der Waals surface area contributed by atoms with Gasteiger partial charge in [-0.2, -0.15) is 13.2 Å². The lowest BCUT2D eigenvalue weighted by molar-refractivity contribution is -0.385. The van der Waals surface area contributed by atoms with Crippen molar-refractivity contribution in [1.82, 2.24) is 5.16 Å². The molecule has 2 aromatic rings. The minimum atomic E-state index is -4.76. The number of nitrogens with two attached hydrogens (primary N) is 1. The van der Waals surface area contributed by atoms with Gasteiger partial charge in [0.1, 0.15) is 11.1 Å². The van der Waals surface area contributed by atoms with Crippen LogP contribution in [0.3, 0.4) is 0 Å². The third-order valence-electron chi connectivity index (χ3n) is 2.61. The molecule has 0 radical (unpaired) electrons. The van der Waals surface area contributed by atoms with E-state index in [1.165, 1.54) is 0 Å². The van der Waals surface area contributed by atoms with Crippen molar-refractivity contribution in [3.8, 4) is 0 Å². The summed E-state index contributed by atoms with van der Waals surface area (Å²) in [5.41, 5.74) is 2.29. The van der Waals surface area contributed by atoms with Crippen molar-refractivity contribution in [2.24, 2.45) is 0 Å². The largest absolute Gasteiger partial charge is 0.416 e. The van der Waals surface area contributed by atoms with Crippen molar-refractivity contribution in [3.05, 3.63) is 51.2 Å². The predicted octanol–water partition coefficient (Wildman–Crippen LogP) is 2.41. The number of nitro benzene ring substituents is 1. The molecular formula is C11H6F3N3O4. The molecule has 10 heteroatoms. The molecule has 0 saturated heterocycles. The molecule has 0 atom stereocenters. The van der Waals surface area contributed by atoms with Crippen molar-refractivity contribution in [3.63, 3.8) is 0 Å². The second kappa shape index (κ2) is 4.89. The number of alkyl halides is 3. The van der Waals surface area contributed by atoms with E-state index in [1.807, 2.05) is 0 Å². The van der Waals surface area contributed by atoms with Gasteiger partial charge in [-0.25, -0.2) is 0 Å². The molecule has 0 spiro atoms. The first kappa shape index (κ1) is 14.5. The van der Waals surface area contributed by atoms with Crippen LogP contribution in [0.5, 0.6) is 0 Å². The maximum Gasteiger partial charge on any atom is 0.416 e. The van der Waals surface area contributed by atoms with Gasteiger partial charge in [-0.3, -0.25) is 14.9 Å². The number of aromatic nitrogens is 1. The van der Waals surface area contributed by atoms with Crippen LogP contribution in [0.15, 0.2) is 28.9 Å². The highest BCUT2D eigenvalue weighted by atomic mass is 19.4. The first-order chi connectivity index (χ1) is 9.71. The van der Waals surface area contributed by atoms with Gasteiger partial charge in [-0.15, -0.1) is 0 Å².